The third-order valence-electron chi connectivity index (χ3n) is 3.19. The van der Waals surface area contributed by atoms with Crippen LogP contribution in [0.3, 0.4) is 0 Å². The van der Waals surface area contributed by atoms with Crippen LogP contribution in [0.5, 0.6) is 5.75 Å². The van der Waals surface area contributed by atoms with E-state index >= 15 is 0 Å². The van der Waals surface area contributed by atoms with Crippen molar-refractivity contribution in [2.75, 3.05) is 6.61 Å². The van der Waals surface area contributed by atoms with Crippen molar-refractivity contribution < 1.29 is 4.74 Å². The zero-order chi connectivity index (χ0) is 15.1. The Morgan fingerprint density at radius 2 is 2.05 bits per heavy atom. The summed E-state index contributed by atoms with van der Waals surface area (Å²) in [7, 11) is 0. The van der Waals surface area contributed by atoms with Gasteiger partial charge in [0.15, 0.2) is 0 Å². The topological polar surface area (TPSA) is 66.0 Å². The molecule has 1 aromatic heterocycles. The van der Waals surface area contributed by atoms with E-state index in [1.165, 1.54) is 0 Å². The van der Waals surface area contributed by atoms with Crippen LogP contribution < -0.4 is 10.5 Å². The minimum absolute atomic E-state index is 0.441. The van der Waals surface area contributed by atoms with Crippen LogP contribution in [-0.2, 0) is 19.5 Å². The lowest BCUT2D eigenvalue weighted by molar-refractivity contribution is 0.297. The molecule has 5 nitrogen and oxygen atoms in total. The lowest BCUT2D eigenvalue weighted by Crippen LogP contribution is -2.10. The number of aryl methyl sites for hydroxylation is 1. The molecule has 2 N–H and O–H groups in total. The molecule has 1 aromatic carbocycles. The van der Waals surface area contributed by atoms with E-state index < -0.39 is 0 Å². The van der Waals surface area contributed by atoms with Crippen molar-refractivity contribution in [1.29, 1.82) is 0 Å². The molecule has 0 amide bonds. The van der Waals surface area contributed by atoms with E-state index in [1.807, 2.05) is 28.9 Å². The fourth-order valence-electron chi connectivity index (χ4n) is 2.15. The van der Waals surface area contributed by atoms with Crippen LogP contribution in [0.4, 0.5) is 0 Å². The van der Waals surface area contributed by atoms with Gasteiger partial charge >= 0.3 is 0 Å². The van der Waals surface area contributed by atoms with Crippen molar-refractivity contribution in [3.63, 3.8) is 0 Å². The highest BCUT2D eigenvalue weighted by Crippen LogP contribution is 2.15. The van der Waals surface area contributed by atoms with E-state index in [2.05, 4.69) is 17.2 Å². The maximum Gasteiger partial charge on any atom is 0.119 e. The predicted octanol–water partition coefficient (Wildman–Crippen LogP) is 2.81. The summed E-state index contributed by atoms with van der Waals surface area (Å²) < 4.78 is 7.61. The van der Waals surface area contributed by atoms with Gasteiger partial charge in [0.25, 0.3) is 0 Å². The molecule has 0 fully saturated rings. The maximum absolute atomic E-state index is 5.83. The Morgan fingerprint density at radius 3 is 2.71 bits per heavy atom. The Bertz CT molecular complexity index is 553. The van der Waals surface area contributed by atoms with Crippen LogP contribution in [0, 0.1) is 0 Å². The molecule has 0 aliphatic carbocycles. The number of hydrogen-bond acceptors (Lipinski definition) is 4. The van der Waals surface area contributed by atoms with Crippen molar-refractivity contribution in [2.24, 2.45) is 5.73 Å². The molecular weight excluding hydrogens is 288 g/mol. The van der Waals surface area contributed by atoms with E-state index in [0.29, 0.717) is 18.2 Å². The molecule has 2 aromatic rings. The molecule has 0 saturated carbocycles. The second-order valence-electron chi connectivity index (χ2n) is 4.82. The summed E-state index contributed by atoms with van der Waals surface area (Å²) in [6.45, 7) is 4.00. The van der Waals surface area contributed by atoms with E-state index in [9.17, 15) is 0 Å². The molecule has 114 valence electrons. The molecule has 2 rings (SSSR count). The smallest absolute Gasteiger partial charge is 0.119 e. The highest BCUT2D eigenvalue weighted by molar-refractivity contribution is 6.30. The first-order valence-corrected chi connectivity index (χ1v) is 7.62. The molecule has 21 heavy (non-hydrogen) atoms. The van der Waals surface area contributed by atoms with Crippen molar-refractivity contribution in [3.8, 4) is 5.75 Å². The molecule has 0 atom stereocenters. The number of benzene rings is 1. The van der Waals surface area contributed by atoms with Gasteiger partial charge in [-0.05, 0) is 30.7 Å². The van der Waals surface area contributed by atoms with Gasteiger partial charge in [-0.2, -0.15) is 0 Å². The van der Waals surface area contributed by atoms with E-state index in [-0.39, 0.29) is 0 Å². The van der Waals surface area contributed by atoms with Gasteiger partial charge in [-0.25, -0.2) is 4.68 Å². The van der Waals surface area contributed by atoms with Gasteiger partial charge in [0.1, 0.15) is 5.75 Å². The SMILES string of the molecule is CCCc1c(CN)nnn1CCCOc1ccc(Cl)cc1. The quantitative estimate of drug-likeness (QED) is 0.762. The fraction of sp³-hybridized carbons (Fsp3) is 0.467. The lowest BCUT2D eigenvalue weighted by Gasteiger charge is -2.08. The van der Waals surface area contributed by atoms with Gasteiger partial charge < -0.3 is 10.5 Å². The zero-order valence-electron chi connectivity index (χ0n) is 12.3. The first-order chi connectivity index (χ1) is 10.2. The molecule has 0 bridgehead atoms. The third kappa shape index (κ3) is 4.44. The molecule has 0 unspecified atom stereocenters. The van der Waals surface area contributed by atoms with Crippen LogP contribution in [0.25, 0.3) is 0 Å². The summed E-state index contributed by atoms with van der Waals surface area (Å²) in [5.74, 6) is 0.828. The number of ether oxygens (including phenoxy) is 1. The number of nitrogens with two attached hydrogens (primary N) is 1. The van der Waals surface area contributed by atoms with Gasteiger partial charge in [-0.1, -0.05) is 30.2 Å². The first-order valence-electron chi connectivity index (χ1n) is 7.24. The third-order valence-corrected chi connectivity index (χ3v) is 3.45. The highest BCUT2D eigenvalue weighted by atomic mass is 35.5. The minimum atomic E-state index is 0.441. The molecule has 0 saturated heterocycles. The Labute approximate surface area is 130 Å². The highest BCUT2D eigenvalue weighted by Gasteiger charge is 2.10. The average Bonchev–Trinajstić information content (AvgIpc) is 2.88. The van der Waals surface area contributed by atoms with Crippen molar-refractivity contribution >= 4 is 11.6 Å². The fourth-order valence-corrected chi connectivity index (χ4v) is 2.28. The Balaban J connectivity index is 1.83. The second kappa shape index (κ2) is 8.00. The number of hydrogen-bond donors (Lipinski definition) is 1. The van der Waals surface area contributed by atoms with Gasteiger partial charge in [-0.3, -0.25) is 0 Å². The lowest BCUT2D eigenvalue weighted by atomic mass is 10.2. The molecule has 0 aliphatic rings. The summed E-state index contributed by atoms with van der Waals surface area (Å²) in [6.07, 6.45) is 2.88. The van der Waals surface area contributed by atoms with E-state index in [4.69, 9.17) is 22.1 Å². The summed E-state index contributed by atoms with van der Waals surface area (Å²) in [6, 6.07) is 7.38. The van der Waals surface area contributed by atoms with Gasteiger partial charge in [0, 0.05) is 24.5 Å². The second-order valence-corrected chi connectivity index (χ2v) is 5.25. The van der Waals surface area contributed by atoms with Crippen LogP contribution in [0.2, 0.25) is 5.02 Å². The normalized spacial score (nSPS) is 10.8. The van der Waals surface area contributed by atoms with Crippen LogP contribution in [0.15, 0.2) is 24.3 Å². The zero-order valence-corrected chi connectivity index (χ0v) is 13.0. The maximum atomic E-state index is 5.83. The van der Waals surface area contributed by atoms with Crippen molar-refractivity contribution in [1.82, 2.24) is 15.0 Å². The Morgan fingerprint density at radius 1 is 1.29 bits per heavy atom. The van der Waals surface area contributed by atoms with Crippen molar-refractivity contribution in [2.45, 2.75) is 39.3 Å². The average molecular weight is 309 g/mol. The Kier molecular flexibility index (Phi) is 6.02. The summed E-state index contributed by atoms with van der Waals surface area (Å²) in [5.41, 5.74) is 7.73. The molecule has 6 heteroatoms. The minimum Gasteiger partial charge on any atom is -0.494 e. The molecule has 1 heterocycles. The summed E-state index contributed by atoms with van der Waals surface area (Å²) in [5, 5.41) is 9.02. The number of nitrogens with zero attached hydrogens (tertiary/aromatic N) is 3. The standard InChI is InChI=1S/C15H21ClN4O/c1-2-4-15-14(11-17)18-19-20(15)9-3-10-21-13-7-5-12(16)6-8-13/h5-8H,2-4,9-11,17H2,1H3. The number of rotatable bonds is 8. The Hall–Kier alpha value is -1.59. The molecular formula is C15H21ClN4O. The molecule has 0 spiro atoms. The first kappa shape index (κ1) is 15.8. The summed E-state index contributed by atoms with van der Waals surface area (Å²) in [4.78, 5) is 0. The van der Waals surface area contributed by atoms with E-state index in [0.717, 1.165) is 42.9 Å². The van der Waals surface area contributed by atoms with Crippen LogP contribution in [-0.4, -0.2) is 21.6 Å². The molecule has 0 aliphatic heterocycles. The van der Waals surface area contributed by atoms with Crippen molar-refractivity contribution in [3.05, 3.63) is 40.7 Å². The largest absolute Gasteiger partial charge is 0.494 e. The number of halogens is 1. The van der Waals surface area contributed by atoms with Gasteiger partial charge in [-0.15, -0.1) is 5.10 Å². The van der Waals surface area contributed by atoms with Crippen LogP contribution in [0.1, 0.15) is 31.2 Å². The van der Waals surface area contributed by atoms with E-state index in [1.54, 1.807) is 0 Å². The molecule has 0 radical (unpaired) electrons. The van der Waals surface area contributed by atoms with Gasteiger partial charge in [0.05, 0.1) is 18.0 Å². The monoisotopic (exact) mass is 308 g/mol. The summed E-state index contributed by atoms with van der Waals surface area (Å²) >= 11 is 5.83. The van der Waals surface area contributed by atoms with Crippen LogP contribution >= 0.6 is 11.6 Å². The van der Waals surface area contributed by atoms with Gasteiger partial charge in [0.2, 0.25) is 0 Å². The number of aromatic nitrogens is 3. The predicted molar refractivity (Wildman–Crippen MR) is 83.5 cm³/mol.